The SMILES string of the molecule is Cn1cccc(CN2C[C@H]3C[C@@H](n4cc(C5CC5)nn4)[C@H](OCC4CC4)C[C@H]3C2)c1=O. The molecule has 3 aliphatic carbocycles. The van der Waals surface area contributed by atoms with Gasteiger partial charge in [-0.05, 0) is 62.3 Å². The highest BCUT2D eigenvalue weighted by molar-refractivity contribution is 5.12. The summed E-state index contributed by atoms with van der Waals surface area (Å²) in [5.41, 5.74) is 2.18. The van der Waals surface area contributed by atoms with Crippen molar-refractivity contribution in [2.75, 3.05) is 19.7 Å². The molecule has 3 heterocycles. The lowest BCUT2D eigenvalue weighted by atomic mass is 9.77. The van der Waals surface area contributed by atoms with E-state index < -0.39 is 0 Å². The monoisotopic (exact) mass is 423 g/mol. The van der Waals surface area contributed by atoms with Crippen LogP contribution in [-0.2, 0) is 18.3 Å². The first-order valence-corrected chi connectivity index (χ1v) is 12.0. The zero-order valence-corrected chi connectivity index (χ0v) is 18.4. The van der Waals surface area contributed by atoms with Crippen LogP contribution in [0.5, 0.6) is 0 Å². The van der Waals surface area contributed by atoms with Crippen LogP contribution in [0.25, 0.3) is 0 Å². The lowest BCUT2D eigenvalue weighted by molar-refractivity contribution is -0.0375. The molecular formula is C24H33N5O2. The molecule has 31 heavy (non-hydrogen) atoms. The van der Waals surface area contributed by atoms with E-state index in [2.05, 4.69) is 26.1 Å². The van der Waals surface area contributed by atoms with Gasteiger partial charge in [0.25, 0.3) is 5.56 Å². The van der Waals surface area contributed by atoms with Crippen molar-refractivity contribution in [2.24, 2.45) is 24.8 Å². The van der Waals surface area contributed by atoms with E-state index in [1.807, 2.05) is 25.4 Å². The number of rotatable bonds is 7. The predicted octanol–water partition coefficient (Wildman–Crippen LogP) is 2.73. The van der Waals surface area contributed by atoms with Crippen LogP contribution in [0.3, 0.4) is 0 Å². The van der Waals surface area contributed by atoms with Crippen molar-refractivity contribution < 1.29 is 4.74 Å². The third-order valence-electron chi connectivity index (χ3n) is 7.86. The molecule has 0 radical (unpaired) electrons. The Morgan fingerprint density at radius 3 is 2.71 bits per heavy atom. The van der Waals surface area contributed by atoms with Gasteiger partial charge in [-0.1, -0.05) is 11.3 Å². The van der Waals surface area contributed by atoms with Gasteiger partial charge in [0.05, 0.1) is 17.8 Å². The van der Waals surface area contributed by atoms with Crippen LogP contribution in [0, 0.1) is 17.8 Å². The first kappa shape index (κ1) is 19.7. The van der Waals surface area contributed by atoms with Gasteiger partial charge in [0, 0.05) is 57.2 Å². The lowest BCUT2D eigenvalue weighted by Gasteiger charge is -2.37. The van der Waals surface area contributed by atoms with E-state index in [1.165, 1.54) is 25.7 Å². The highest BCUT2D eigenvalue weighted by atomic mass is 16.5. The normalized spacial score (nSPS) is 31.1. The summed E-state index contributed by atoms with van der Waals surface area (Å²) in [4.78, 5) is 15.0. The molecule has 0 N–H and O–H groups in total. The molecule has 6 rings (SSSR count). The number of fused-ring (bicyclic) bond motifs is 1. The molecule has 0 aromatic carbocycles. The van der Waals surface area contributed by atoms with Gasteiger partial charge < -0.3 is 9.30 Å². The van der Waals surface area contributed by atoms with Gasteiger partial charge in [-0.3, -0.25) is 9.69 Å². The average Bonchev–Trinajstić information content (AvgIpc) is 3.69. The number of hydrogen-bond donors (Lipinski definition) is 0. The Balaban J connectivity index is 1.18. The number of ether oxygens (including phenoxy) is 1. The molecule has 4 fully saturated rings. The molecule has 0 unspecified atom stereocenters. The van der Waals surface area contributed by atoms with Crippen LogP contribution in [0.2, 0.25) is 0 Å². The predicted molar refractivity (Wildman–Crippen MR) is 117 cm³/mol. The molecular weight excluding hydrogens is 390 g/mol. The third-order valence-corrected chi connectivity index (χ3v) is 7.86. The molecule has 4 aliphatic rings. The fourth-order valence-electron chi connectivity index (χ4n) is 5.65. The molecule has 2 aromatic heterocycles. The molecule has 1 aliphatic heterocycles. The van der Waals surface area contributed by atoms with Crippen LogP contribution in [0.4, 0.5) is 0 Å². The van der Waals surface area contributed by atoms with Gasteiger partial charge in [-0.25, -0.2) is 4.68 Å². The minimum Gasteiger partial charge on any atom is -0.376 e. The molecule has 7 heteroatoms. The van der Waals surface area contributed by atoms with E-state index >= 15 is 0 Å². The molecule has 7 nitrogen and oxygen atoms in total. The minimum atomic E-state index is 0.121. The first-order chi connectivity index (χ1) is 15.1. The second-order valence-corrected chi connectivity index (χ2v) is 10.4. The number of hydrogen-bond acceptors (Lipinski definition) is 5. The minimum absolute atomic E-state index is 0.121. The Hall–Kier alpha value is -1.99. The quantitative estimate of drug-likeness (QED) is 0.685. The van der Waals surface area contributed by atoms with Crippen molar-refractivity contribution in [3.8, 4) is 0 Å². The molecule has 0 amide bonds. The Morgan fingerprint density at radius 2 is 1.94 bits per heavy atom. The van der Waals surface area contributed by atoms with Crippen molar-refractivity contribution in [1.82, 2.24) is 24.5 Å². The zero-order chi connectivity index (χ0) is 20.9. The maximum Gasteiger partial charge on any atom is 0.254 e. The van der Waals surface area contributed by atoms with Gasteiger partial charge in [0.15, 0.2) is 0 Å². The summed E-state index contributed by atoms with van der Waals surface area (Å²) in [5.74, 6) is 2.67. The van der Waals surface area contributed by atoms with Crippen LogP contribution in [0.15, 0.2) is 29.3 Å². The zero-order valence-electron chi connectivity index (χ0n) is 18.4. The lowest BCUT2D eigenvalue weighted by Crippen LogP contribution is -2.38. The van der Waals surface area contributed by atoms with Crippen molar-refractivity contribution in [3.05, 3.63) is 46.1 Å². The fraction of sp³-hybridized carbons (Fsp3) is 0.708. The molecule has 166 valence electrons. The van der Waals surface area contributed by atoms with Crippen molar-refractivity contribution in [3.63, 3.8) is 0 Å². The summed E-state index contributed by atoms with van der Waals surface area (Å²) in [7, 11) is 1.83. The molecule has 1 saturated heterocycles. The summed E-state index contributed by atoms with van der Waals surface area (Å²) >= 11 is 0. The van der Waals surface area contributed by atoms with Crippen LogP contribution < -0.4 is 5.56 Å². The topological polar surface area (TPSA) is 65.2 Å². The second kappa shape index (κ2) is 7.85. The molecule has 2 aromatic rings. The number of nitrogens with zero attached hydrogens (tertiary/aromatic N) is 5. The summed E-state index contributed by atoms with van der Waals surface area (Å²) in [6.07, 6.45) is 11.6. The Labute approximate surface area is 183 Å². The number of likely N-dealkylation sites (tertiary alicyclic amines) is 1. The van der Waals surface area contributed by atoms with Crippen molar-refractivity contribution in [2.45, 2.75) is 63.1 Å². The van der Waals surface area contributed by atoms with Crippen LogP contribution in [0.1, 0.15) is 61.7 Å². The second-order valence-electron chi connectivity index (χ2n) is 10.4. The van der Waals surface area contributed by atoms with E-state index in [4.69, 9.17) is 4.74 Å². The van der Waals surface area contributed by atoms with Crippen molar-refractivity contribution in [1.29, 1.82) is 0 Å². The van der Waals surface area contributed by atoms with E-state index in [-0.39, 0.29) is 17.7 Å². The maximum absolute atomic E-state index is 12.5. The summed E-state index contributed by atoms with van der Waals surface area (Å²) in [6, 6.07) is 4.23. The van der Waals surface area contributed by atoms with E-state index in [0.29, 0.717) is 17.8 Å². The number of aromatic nitrogens is 4. The number of pyridine rings is 1. The van der Waals surface area contributed by atoms with Crippen molar-refractivity contribution >= 4 is 0 Å². The standard InChI is InChI=1S/C24H33N5O2/c1-27-8-2-3-18(24(27)30)11-28-12-19-9-22(29-14-21(25-26-29)17-6-7-17)23(10-20(19)13-28)31-15-16-4-5-16/h2-3,8,14,16-17,19-20,22-23H,4-7,9-13,15H2,1H3/t19-,20+,22-,23-/m1/s1. The van der Waals surface area contributed by atoms with E-state index in [0.717, 1.165) is 56.3 Å². The van der Waals surface area contributed by atoms with Gasteiger partial charge in [-0.2, -0.15) is 0 Å². The van der Waals surface area contributed by atoms with Crippen LogP contribution >= 0.6 is 0 Å². The molecule has 4 atom stereocenters. The Bertz CT molecular complexity index is 992. The molecule has 0 spiro atoms. The summed E-state index contributed by atoms with van der Waals surface area (Å²) < 4.78 is 10.3. The van der Waals surface area contributed by atoms with Gasteiger partial charge in [0.2, 0.25) is 0 Å². The first-order valence-electron chi connectivity index (χ1n) is 12.0. The summed E-state index contributed by atoms with van der Waals surface area (Å²) in [6.45, 7) is 3.75. The smallest absolute Gasteiger partial charge is 0.254 e. The van der Waals surface area contributed by atoms with E-state index in [9.17, 15) is 4.79 Å². The number of aryl methyl sites for hydroxylation is 1. The van der Waals surface area contributed by atoms with E-state index in [1.54, 1.807) is 4.57 Å². The van der Waals surface area contributed by atoms with Gasteiger partial charge in [0.1, 0.15) is 0 Å². The average molecular weight is 424 g/mol. The summed E-state index contributed by atoms with van der Waals surface area (Å²) in [5, 5.41) is 9.02. The van der Waals surface area contributed by atoms with Crippen LogP contribution in [-0.4, -0.2) is 50.3 Å². The Kier molecular flexibility index (Phi) is 4.98. The Morgan fingerprint density at radius 1 is 1.13 bits per heavy atom. The molecule has 3 saturated carbocycles. The third kappa shape index (κ3) is 4.10. The van der Waals surface area contributed by atoms with Gasteiger partial charge >= 0.3 is 0 Å². The largest absolute Gasteiger partial charge is 0.376 e. The maximum atomic E-state index is 12.5. The molecule has 0 bridgehead atoms. The van der Waals surface area contributed by atoms with Gasteiger partial charge in [-0.15, -0.1) is 5.10 Å². The fourth-order valence-corrected chi connectivity index (χ4v) is 5.65. The highest BCUT2D eigenvalue weighted by Gasteiger charge is 2.44. The highest BCUT2D eigenvalue weighted by Crippen LogP contribution is 2.44.